The van der Waals surface area contributed by atoms with Crippen LogP contribution >= 0.6 is 0 Å². The summed E-state index contributed by atoms with van der Waals surface area (Å²) in [6.45, 7) is 3.79. The third-order valence-corrected chi connectivity index (χ3v) is 13.9. The Balaban J connectivity index is 2.12. The van der Waals surface area contributed by atoms with E-state index in [4.69, 9.17) is 9.47 Å². The van der Waals surface area contributed by atoms with Crippen molar-refractivity contribution in [2.75, 3.05) is 13.2 Å². The van der Waals surface area contributed by atoms with Crippen molar-refractivity contribution in [1.82, 2.24) is 5.32 Å². The maximum absolute atomic E-state index is 13.0. The van der Waals surface area contributed by atoms with E-state index in [9.17, 15) is 30.3 Å². The van der Waals surface area contributed by atoms with Gasteiger partial charge in [-0.2, -0.15) is 0 Å². The van der Waals surface area contributed by atoms with Gasteiger partial charge < -0.3 is 40.3 Å². The second kappa shape index (κ2) is 46.6. The third-order valence-electron chi connectivity index (χ3n) is 13.9. The molecular formula is C56H109NO8. The molecule has 0 radical (unpaired) electrons. The van der Waals surface area contributed by atoms with Gasteiger partial charge in [0.05, 0.1) is 25.4 Å². The molecule has 1 heterocycles. The fraction of sp³-hybridized carbons (Fsp3) is 0.946. The van der Waals surface area contributed by atoms with Gasteiger partial charge in [-0.05, 0) is 19.3 Å². The second-order valence-electron chi connectivity index (χ2n) is 20.1. The lowest BCUT2D eigenvalue weighted by Crippen LogP contribution is -2.60. The normalized spacial score (nSPS) is 19.9. The summed E-state index contributed by atoms with van der Waals surface area (Å²) in [4.78, 5) is 13.0. The van der Waals surface area contributed by atoms with E-state index in [-0.39, 0.29) is 12.5 Å². The van der Waals surface area contributed by atoms with Gasteiger partial charge in [-0.3, -0.25) is 4.79 Å². The molecule has 0 aromatic heterocycles. The molecule has 9 nitrogen and oxygen atoms in total. The van der Waals surface area contributed by atoms with Crippen LogP contribution in [-0.2, 0) is 14.3 Å². The molecule has 1 amide bonds. The average Bonchev–Trinajstić information content (AvgIpc) is 3.31. The predicted molar refractivity (Wildman–Crippen MR) is 272 cm³/mol. The molecule has 0 spiro atoms. The highest BCUT2D eigenvalue weighted by Gasteiger charge is 2.44. The molecule has 0 aliphatic carbocycles. The molecule has 1 aliphatic rings. The first-order valence-corrected chi connectivity index (χ1v) is 28.4. The largest absolute Gasteiger partial charge is 0.394 e. The Morgan fingerprint density at radius 1 is 0.508 bits per heavy atom. The fourth-order valence-electron chi connectivity index (χ4n) is 9.34. The molecule has 1 aliphatic heterocycles. The van der Waals surface area contributed by atoms with E-state index in [2.05, 4.69) is 19.2 Å². The maximum atomic E-state index is 13.0. The summed E-state index contributed by atoms with van der Waals surface area (Å²) in [5.41, 5.74) is 0. The number of unbranched alkanes of at least 4 members (excludes halogenated alkanes) is 39. The first-order chi connectivity index (χ1) is 31.8. The first-order valence-electron chi connectivity index (χ1n) is 28.4. The van der Waals surface area contributed by atoms with Gasteiger partial charge in [0.15, 0.2) is 6.29 Å². The highest BCUT2D eigenvalue weighted by Crippen LogP contribution is 2.23. The van der Waals surface area contributed by atoms with Gasteiger partial charge in [0.25, 0.3) is 0 Å². The SMILES string of the molecule is CCCCCCCCCCCCCCCCCCCCCCCCCCCCCCC/C=C/C(O)C(COC1OC(CO)C(O)C(O)C1O)NC(=O)CCCCCCCCCCCCC. The van der Waals surface area contributed by atoms with Gasteiger partial charge in [-0.1, -0.05) is 270 Å². The molecule has 6 N–H and O–H groups in total. The van der Waals surface area contributed by atoms with Gasteiger partial charge in [0, 0.05) is 6.42 Å². The number of allylic oxidation sites excluding steroid dienone is 1. The molecule has 0 bridgehead atoms. The van der Waals surface area contributed by atoms with Crippen LogP contribution < -0.4 is 5.32 Å². The zero-order valence-corrected chi connectivity index (χ0v) is 42.8. The lowest BCUT2D eigenvalue weighted by atomic mass is 9.99. The lowest BCUT2D eigenvalue weighted by Gasteiger charge is -2.40. The highest BCUT2D eigenvalue weighted by atomic mass is 16.7. The molecular weight excluding hydrogens is 815 g/mol. The summed E-state index contributed by atoms with van der Waals surface area (Å²) in [5, 5.41) is 54.3. The number of carbonyl (C=O) groups is 1. The lowest BCUT2D eigenvalue weighted by molar-refractivity contribution is -0.302. The number of aliphatic hydroxyl groups is 5. The van der Waals surface area contributed by atoms with Gasteiger partial charge in [-0.15, -0.1) is 0 Å². The van der Waals surface area contributed by atoms with Crippen LogP contribution in [0.1, 0.15) is 284 Å². The van der Waals surface area contributed by atoms with E-state index in [0.29, 0.717) is 6.42 Å². The van der Waals surface area contributed by atoms with E-state index >= 15 is 0 Å². The zero-order valence-electron chi connectivity index (χ0n) is 42.8. The number of aliphatic hydroxyl groups excluding tert-OH is 5. The van der Waals surface area contributed by atoms with Crippen molar-refractivity contribution in [1.29, 1.82) is 0 Å². The van der Waals surface area contributed by atoms with Crippen molar-refractivity contribution < 1.29 is 39.8 Å². The smallest absolute Gasteiger partial charge is 0.220 e. The van der Waals surface area contributed by atoms with Crippen LogP contribution in [-0.4, -0.2) is 87.5 Å². The fourth-order valence-corrected chi connectivity index (χ4v) is 9.34. The molecule has 1 fully saturated rings. The Hall–Kier alpha value is -1.07. The van der Waals surface area contributed by atoms with E-state index in [0.717, 1.165) is 38.5 Å². The molecule has 386 valence electrons. The van der Waals surface area contributed by atoms with Crippen LogP contribution in [0.2, 0.25) is 0 Å². The summed E-state index contributed by atoms with van der Waals surface area (Å²) >= 11 is 0. The summed E-state index contributed by atoms with van der Waals surface area (Å²) in [5.74, 6) is -0.174. The summed E-state index contributed by atoms with van der Waals surface area (Å²) in [6, 6.07) is -0.799. The molecule has 7 atom stereocenters. The Morgan fingerprint density at radius 2 is 0.846 bits per heavy atom. The van der Waals surface area contributed by atoms with Crippen molar-refractivity contribution >= 4 is 5.91 Å². The van der Waals surface area contributed by atoms with Gasteiger partial charge in [0.2, 0.25) is 5.91 Å². The molecule has 7 unspecified atom stereocenters. The monoisotopic (exact) mass is 924 g/mol. The van der Waals surface area contributed by atoms with Gasteiger partial charge in [-0.25, -0.2) is 0 Å². The Kier molecular flexibility index (Phi) is 44.5. The minimum absolute atomic E-state index is 0.174. The van der Waals surface area contributed by atoms with Crippen LogP contribution in [0.25, 0.3) is 0 Å². The maximum Gasteiger partial charge on any atom is 0.220 e. The predicted octanol–water partition coefficient (Wildman–Crippen LogP) is 13.6. The van der Waals surface area contributed by atoms with E-state index in [1.807, 2.05) is 6.08 Å². The van der Waals surface area contributed by atoms with Crippen LogP contribution in [0.4, 0.5) is 0 Å². The zero-order chi connectivity index (χ0) is 47.3. The number of carbonyl (C=O) groups excluding carboxylic acids is 1. The highest BCUT2D eigenvalue weighted by molar-refractivity contribution is 5.76. The van der Waals surface area contributed by atoms with Crippen molar-refractivity contribution in [3.05, 3.63) is 12.2 Å². The summed E-state index contributed by atoms with van der Waals surface area (Å²) in [6.07, 6.45) is 50.2. The Morgan fingerprint density at radius 3 is 1.20 bits per heavy atom. The molecule has 0 aromatic carbocycles. The molecule has 0 saturated carbocycles. The molecule has 1 saturated heterocycles. The number of ether oxygens (including phenoxy) is 2. The molecule has 1 rings (SSSR count). The van der Waals surface area contributed by atoms with Crippen LogP contribution in [0, 0.1) is 0 Å². The quantitative estimate of drug-likeness (QED) is 0.0261. The van der Waals surface area contributed by atoms with E-state index in [1.165, 1.54) is 225 Å². The van der Waals surface area contributed by atoms with Gasteiger partial charge >= 0.3 is 0 Å². The summed E-state index contributed by atoms with van der Waals surface area (Å²) < 4.78 is 11.2. The van der Waals surface area contributed by atoms with Crippen molar-refractivity contribution in [2.45, 2.75) is 326 Å². The number of nitrogens with one attached hydrogen (secondary N) is 1. The first kappa shape index (κ1) is 61.9. The van der Waals surface area contributed by atoms with E-state index in [1.54, 1.807) is 6.08 Å². The van der Waals surface area contributed by atoms with Crippen molar-refractivity contribution in [3.63, 3.8) is 0 Å². The number of hydrogen-bond donors (Lipinski definition) is 6. The number of amides is 1. The topological polar surface area (TPSA) is 149 Å². The third kappa shape index (κ3) is 36.6. The van der Waals surface area contributed by atoms with Crippen molar-refractivity contribution in [2.24, 2.45) is 0 Å². The number of rotatable bonds is 49. The number of hydrogen-bond acceptors (Lipinski definition) is 8. The minimum Gasteiger partial charge on any atom is -0.394 e. The summed E-state index contributed by atoms with van der Waals surface area (Å²) in [7, 11) is 0. The van der Waals surface area contributed by atoms with Crippen LogP contribution in [0.3, 0.4) is 0 Å². The minimum atomic E-state index is -1.56. The van der Waals surface area contributed by atoms with Crippen molar-refractivity contribution in [3.8, 4) is 0 Å². The molecule has 9 heteroatoms. The van der Waals surface area contributed by atoms with Crippen LogP contribution in [0.5, 0.6) is 0 Å². The van der Waals surface area contributed by atoms with E-state index < -0.39 is 49.5 Å². The molecule has 65 heavy (non-hydrogen) atoms. The Labute approximate surface area is 401 Å². The van der Waals surface area contributed by atoms with Gasteiger partial charge in [0.1, 0.15) is 24.4 Å². The second-order valence-corrected chi connectivity index (χ2v) is 20.1. The average molecular weight is 924 g/mol. The standard InChI is InChI=1S/C56H109NO8/c1-3-5-7-9-11-13-15-16-17-18-19-20-21-22-23-24-25-26-27-28-29-30-31-32-33-34-36-37-39-41-43-45-50(59)49(48-64-56-55(63)54(62)53(61)51(47-58)65-56)57-52(60)46-44-42-40-38-35-14-12-10-8-6-4-2/h43,45,49-51,53-56,58-59,61-63H,3-42,44,46-48H2,1-2H3,(H,57,60)/b45-43+. The Bertz CT molecular complexity index is 1030. The van der Waals surface area contributed by atoms with Crippen LogP contribution in [0.15, 0.2) is 12.2 Å². The molecule has 0 aromatic rings.